The average Bonchev–Trinajstić information content (AvgIpc) is 3.18. The number of aliphatic hydroxyl groups excluding tert-OH is 2. The molecule has 6 nitrogen and oxygen atoms in total. The predicted molar refractivity (Wildman–Crippen MR) is 236 cm³/mol. The quantitative estimate of drug-likeness (QED) is 0.0329. The molecule has 0 aliphatic carbocycles. The van der Waals surface area contributed by atoms with Crippen LogP contribution in [0.25, 0.3) is 0 Å². The van der Waals surface area contributed by atoms with Crippen molar-refractivity contribution in [2.24, 2.45) is 0 Å². The van der Waals surface area contributed by atoms with Crippen LogP contribution in [0.5, 0.6) is 0 Å². The SMILES string of the molecule is CC/C=C/C/C=C/C/C=C/C/C=C/C/C=C/CCC(=O)OC(CCCCC/C=C\CCCC)CC(=O)NC(CO)C(O)CCCCCCCCCCCCC. The van der Waals surface area contributed by atoms with Gasteiger partial charge in [0, 0.05) is 6.42 Å². The summed E-state index contributed by atoms with van der Waals surface area (Å²) in [5.74, 6) is -0.598. The third-order valence-corrected chi connectivity index (χ3v) is 9.78. The summed E-state index contributed by atoms with van der Waals surface area (Å²) in [5, 5.41) is 23.6. The number of rotatable bonds is 39. The van der Waals surface area contributed by atoms with Gasteiger partial charge in [-0.3, -0.25) is 9.59 Å². The Kier molecular flexibility index (Phi) is 40.4. The summed E-state index contributed by atoms with van der Waals surface area (Å²) in [7, 11) is 0. The summed E-state index contributed by atoms with van der Waals surface area (Å²) in [5.41, 5.74) is 0. The van der Waals surface area contributed by atoms with Crippen molar-refractivity contribution in [2.75, 3.05) is 6.61 Å². The van der Waals surface area contributed by atoms with E-state index in [4.69, 9.17) is 4.74 Å². The van der Waals surface area contributed by atoms with Crippen molar-refractivity contribution in [1.29, 1.82) is 0 Å². The lowest BCUT2D eigenvalue weighted by molar-refractivity contribution is -0.150. The number of hydrogen-bond acceptors (Lipinski definition) is 5. The van der Waals surface area contributed by atoms with E-state index >= 15 is 0 Å². The lowest BCUT2D eigenvalue weighted by atomic mass is 10.0. The van der Waals surface area contributed by atoms with Crippen LogP contribution in [-0.4, -0.2) is 46.9 Å². The molecular formula is C49H85NO5. The summed E-state index contributed by atoms with van der Waals surface area (Å²) >= 11 is 0. The zero-order chi connectivity index (χ0) is 40.3. The minimum atomic E-state index is -0.803. The van der Waals surface area contributed by atoms with Gasteiger partial charge in [0.15, 0.2) is 0 Å². The number of nitrogens with one attached hydrogen (secondary N) is 1. The molecule has 0 spiro atoms. The van der Waals surface area contributed by atoms with Crippen LogP contribution >= 0.6 is 0 Å². The first-order valence-electron chi connectivity index (χ1n) is 22.7. The standard InChI is InChI=1S/C49H85NO5/c1-4-7-10-13-16-19-21-22-23-24-25-27-30-33-36-39-42-49(54)55-45(40-37-34-31-28-18-15-12-9-6-3)43-48(53)50-46(44-51)47(52)41-38-35-32-29-26-20-17-14-11-8-5-2/h7,10,15-16,18-19,22-23,25,27,33,36,45-47,51-52H,4-6,8-9,11-14,17,20-21,24,26,28-32,34-35,37-44H2,1-3H3,(H,50,53)/b10-7+,18-15-,19-16+,23-22+,27-25+,36-33+. The van der Waals surface area contributed by atoms with E-state index in [0.717, 1.165) is 83.5 Å². The number of hydrogen-bond donors (Lipinski definition) is 3. The zero-order valence-corrected chi connectivity index (χ0v) is 35.8. The van der Waals surface area contributed by atoms with E-state index in [1.165, 1.54) is 64.2 Å². The number of aliphatic hydroxyl groups is 2. The summed E-state index contributed by atoms with van der Waals surface area (Å²) in [6.45, 7) is 6.27. The van der Waals surface area contributed by atoms with Crippen molar-refractivity contribution < 1.29 is 24.5 Å². The second-order valence-corrected chi connectivity index (χ2v) is 15.1. The number of esters is 1. The van der Waals surface area contributed by atoms with Crippen LogP contribution in [0.2, 0.25) is 0 Å². The third-order valence-electron chi connectivity index (χ3n) is 9.78. The number of unbranched alkanes of at least 4 members (excludes halogenated alkanes) is 15. The van der Waals surface area contributed by atoms with Gasteiger partial charge in [0.25, 0.3) is 0 Å². The molecule has 0 bridgehead atoms. The first-order chi connectivity index (χ1) is 27.0. The van der Waals surface area contributed by atoms with Crippen molar-refractivity contribution in [2.45, 2.75) is 219 Å². The minimum absolute atomic E-state index is 0.0337. The number of carbonyl (C=O) groups is 2. The first kappa shape index (κ1) is 52.3. The van der Waals surface area contributed by atoms with Gasteiger partial charge in [0.2, 0.25) is 5.91 Å². The van der Waals surface area contributed by atoms with Crippen LogP contribution in [0.15, 0.2) is 72.9 Å². The normalized spacial score (nSPS) is 14.1. The Balaban J connectivity index is 4.67. The number of allylic oxidation sites excluding steroid dienone is 12. The number of carbonyl (C=O) groups excluding carboxylic acids is 2. The molecular weight excluding hydrogens is 683 g/mol. The minimum Gasteiger partial charge on any atom is -0.462 e. The molecule has 0 aromatic heterocycles. The molecule has 0 aromatic rings. The lowest BCUT2D eigenvalue weighted by Gasteiger charge is -2.24. The van der Waals surface area contributed by atoms with Gasteiger partial charge >= 0.3 is 5.97 Å². The van der Waals surface area contributed by atoms with E-state index in [-0.39, 0.29) is 31.3 Å². The smallest absolute Gasteiger partial charge is 0.306 e. The fraction of sp³-hybridized carbons (Fsp3) is 0.714. The maximum Gasteiger partial charge on any atom is 0.306 e. The van der Waals surface area contributed by atoms with Gasteiger partial charge in [-0.2, -0.15) is 0 Å². The van der Waals surface area contributed by atoms with E-state index in [1.54, 1.807) is 0 Å². The molecule has 3 N–H and O–H groups in total. The fourth-order valence-corrected chi connectivity index (χ4v) is 6.34. The molecule has 0 saturated heterocycles. The highest BCUT2D eigenvalue weighted by molar-refractivity contribution is 5.77. The van der Waals surface area contributed by atoms with E-state index < -0.39 is 18.2 Å². The van der Waals surface area contributed by atoms with Crippen molar-refractivity contribution >= 4 is 11.9 Å². The predicted octanol–water partition coefficient (Wildman–Crippen LogP) is 13.1. The summed E-state index contributed by atoms with van der Waals surface area (Å²) in [6.07, 6.45) is 52.6. The topological polar surface area (TPSA) is 95.9 Å². The summed E-state index contributed by atoms with van der Waals surface area (Å²) < 4.78 is 5.83. The lowest BCUT2D eigenvalue weighted by Crippen LogP contribution is -2.46. The fourth-order valence-electron chi connectivity index (χ4n) is 6.34. The van der Waals surface area contributed by atoms with Gasteiger partial charge in [-0.05, 0) is 77.0 Å². The first-order valence-corrected chi connectivity index (χ1v) is 22.7. The van der Waals surface area contributed by atoms with Gasteiger partial charge in [-0.1, -0.05) is 184 Å². The monoisotopic (exact) mass is 768 g/mol. The van der Waals surface area contributed by atoms with Gasteiger partial charge in [-0.25, -0.2) is 0 Å². The van der Waals surface area contributed by atoms with Gasteiger partial charge < -0.3 is 20.3 Å². The Bertz CT molecular complexity index is 1040. The molecule has 0 saturated carbocycles. The molecule has 6 heteroatoms. The van der Waals surface area contributed by atoms with Crippen LogP contribution in [0, 0.1) is 0 Å². The number of amides is 1. The number of ether oxygens (including phenoxy) is 1. The largest absolute Gasteiger partial charge is 0.462 e. The highest BCUT2D eigenvalue weighted by Gasteiger charge is 2.23. The summed E-state index contributed by atoms with van der Waals surface area (Å²) in [6, 6.07) is -0.721. The molecule has 0 aliphatic heterocycles. The van der Waals surface area contributed by atoms with Gasteiger partial charge in [0.1, 0.15) is 6.10 Å². The maximum atomic E-state index is 13.1. The van der Waals surface area contributed by atoms with E-state index in [9.17, 15) is 19.8 Å². The Labute approximate surface area is 339 Å². The third kappa shape index (κ3) is 38.0. The van der Waals surface area contributed by atoms with Crippen LogP contribution < -0.4 is 5.32 Å². The van der Waals surface area contributed by atoms with E-state index in [2.05, 4.69) is 92.9 Å². The molecule has 55 heavy (non-hydrogen) atoms. The van der Waals surface area contributed by atoms with E-state index in [1.807, 2.05) is 6.08 Å². The molecule has 3 atom stereocenters. The zero-order valence-electron chi connectivity index (χ0n) is 35.8. The van der Waals surface area contributed by atoms with Gasteiger partial charge in [0.05, 0.1) is 25.2 Å². The molecule has 0 aliphatic rings. The molecule has 0 aromatic carbocycles. The molecule has 0 rings (SSSR count). The molecule has 0 radical (unpaired) electrons. The van der Waals surface area contributed by atoms with Crippen LogP contribution in [0.4, 0.5) is 0 Å². The Morgan fingerprint density at radius 3 is 1.55 bits per heavy atom. The molecule has 3 unspecified atom stereocenters. The Hall–Kier alpha value is -2.70. The summed E-state index contributed by atoms with van der Waals surface area (Å²) in [4.78, 5) is 25.9. The maximum absolute atomic E-state index is 13.1. The van der Waals surface area contributed by atoms with Crippen LogP contribution in [-0.2, 0) is 14.3 Å². The average molecular weight is 768 g/mol. The Morgan fingerprint density at radius 1 is 0.545 bits per heavy atom. The second-order valence-electron chi connectivity index (χ2n) is 15.1. The second kappa shape index (κ2) is 42.4. The van der Waals surface area contributed by atoms with Crippen LogP contribution in [0.3, 0.4) is 0 Å². The van der Waals surface area contributed by atoms with Crippen molar-refractivity contribution in [3.63, 3.8) is 0 Å². The van der Waals surface area contributed by atoms with E-state index in [0.29, 0.717) is 19.3 Å². The molecule has 0 heterocycles. The van der Waals surface area contributed by atoms with Crippen molar-refractivity contribution in [3.05, 3.63) is 72.9 Å². The molecule has 0 fully saturated rings. The van der Waals surface area contributed by atoms with Crippen molar-refractivity contribution in [3.8, 4) is 0 Å². The molecule has 1 amide bonds. The van der Waals surface area contributed by atoms with Crippen LogP contribution in [0.1, 0.15) is 201 Å². The highest BCUT2D eigenvalue weighted by Crippen LogP contribution is 2.16. The van der Waals surface area contributed by atoms with Gasteiger partial charge in [-0.15, -0.1) is 0 Å². The molecule has 316 valence electrons. The highest BCUT2D eigenvalue weighted by atomic mass is 16.5. The van der Waals surface area contributed by atoms with Crippen molar-refractivity contribution in [1.82, 2.24) is 5.32 Å². The Morgan fingerprint density at radius 2 is 1.00 bits per heavy atom.